The van der Waals surface area contributed by atoms with Gasteiger partial charge in [-0.1, -0.05) is 12.1 Å². The van der Waals surface area contributed by atoms with Crippen LogP contribution in [0.1, 0.15) is 30.9 Å². The fourth-order valence-electron chi connectivity index (χ4n) is 4.32. The molecular weight excluding hydrogens is 504 g/mol. The third-order valence-corrected chi connectivity index (χ3v) is 7.10. The summed E-state index contributed by atoms with van der Waals surface area (Å²) in [6.45, 7) is 4.68. The van der Waals surface area contributed by atoms with Crippen molar-refractivity contribution in [3.63, 3.8) is 0 Å². The minimum atomic E-state index is -0.772. The molecule has 2 aromatic carbocycles. The van der Waals surface area contributed by atoms with Crippen LogP contribution >= 0.6 is 11.3 Å². The number of rotatable bonds is 8. The highest BCUT2D eigenvalue weighted by molar-refractivity contribution is 7.07. The Morgan fingerprint density at radius 3 is 2.13 bits per heavy atom. The number of thiazole rings is 1. The van der Waals surface area contributed by atoms with Crippen molar-refractivity contribution in [2.24, 2.45) is 5.73 Å². The molecule has 0 amide bonds. The highest BCUT2D eigenvalue weighted by Crippen LogP contribution is 2.39. The molecule has 1 atom stereocenters. The molecule has 0 spiro atoms. The van der Waals surface area contributed by atoms with E-state index in [1.807, 2.05) is 13.8 Å². The number of ether oxygens (including phenoxy) is 4. The van der Waals surface area contributed by atoms with Crippen LogP contribution in [0.25, 0.3) is 17.5 Å². The molecule has 0 bridgehead atoms. The van der Waals surface area contributed by atoms with E-state index in [9.17, 15) is 15.3 Å². The van der Waals surface area contributed by atoms with Gasteiger partial charge >= 0.3 is 0 Å². The molecule has 2 heterocycles. The van der Waals surface area contributed by atoms with Crippen LogP contribution in [0.2, 0.25) is 0 Å². The summed E-state index contributed by atoms with van der Waals surface area (Å²) in [6.07, 6.45) is 1.69. The van der Waals surface area contributed by atoms with Crippen molar-refractivity contribution in [2.45, 2.75) is 19.8 Å². The Balaban J connectivity index is 1.95. The van der Waals surface area contributed by atoms with Gasteiger partial charge in [0.2, 0.25) is 0 Å². The fourth-order valence-corrected chi connectivity index (χ4v) is 5.45. The summed E-state index contributed by atoms with van der Waals surface area (Å²) < 4.78 is 24.0. The third kappa shape index (κ3) is 4.58. The van der Waals surface area contributed by atoms with Crippen molar-refractivity contribution in [3.8, 4) is 35.1 Å². The average molecular weight is 531 g/mol. The maximum absolute atomic E-state index is 13.4. The molecule has 0 saturated carbocycles. The molecule has 0 saturated heterocycles. The topological polar surface area (TPSA) is 133 Å². The van der Waals surface area contributed by atoms with Gasteiger partial charge < -0.3 is 24.7 Å². The first-order chi connectivity index (χ1) is 18.4. The standard InChI is InChI=1S/C28H26N4O5S/c1-5-36-20-9-7-16(11-22(20)34-3)12-24-27(33)32-26(31)18(14-29)25(19(15-30)28(32)38-24)17-8-10-21(37-6-2)23(13-17)35-4/h7-13,25H,5-6,31H2,1-4H3/b24-12+. The smallest absolute Gasteiger partial charge is 0.274 e. The SMILES string of the molecule is CCOc1ccc(/C=c2/sc3n(c2=O)C(N)=C(C#N)C(c2ccc(OCC)c(OC)c2)C=3C#N)cc1OC. The van der Waals surface area contributed by atoms with Crippen LogP contribution in [0, 0.1) is 22.7 Å². The van der Waals surface area contributed by atoms with Gasteiger partial charge in [-0.2, -0.15) is 10.5 Å². The number of hydrogen-bond donors (Lipinski definition) is 1. The third-order valence-electron chi connectivity index (χ3n) is 6.00. The van der Waals surface area contributed by atoms with Gasteiger partial charge in [0.25, 0.3) is 5.56 Å². The summed E-state index contributed by atoms with van der Waals surface area (Å²) >= 11 is 1.14. The van der Waals surface area contributed by atoms with E-state index in [-0.39, 0.29) is 17.0 Å². The van der Waals surface area contributed by atoms with Gasteiger partial charge in [-0.3, -0.25) is 9.36 Å². The van der Waals surface area contributed by atoms with E-state index in [2.05, 4.69) is 12.1 Å². The monoisotopic (exact) mass is 530 g/mol. The molecule has 4 rings (SSSR count). The lowest BCUT2D eigenvalue weighted by Gasteiger charge is -2.23. The number of hydrogen-bond acceptors (Lipinski definition) is 9. The van der Waals surface area contributed by atoms with Gasteiger partial charge in [-0.15, -0.1) is 11.3 Å². The number of allylic oxidation sites excluding steroid dienone is 1. The summed E-state index contributed by atoms with van der Waals surface area (Å²) in [5.74, 6) is 1.34. The van der Waals surface area contributed by atoms with Gasteiger partial charge in [0, 0.05) is 0 Å². The first kappa shape index (κ1) is 26.4. The minimum Gasteiger partial charge on any atom is -0.493 e. The fraction of sp³-hybridized carbons (Fsp3) is 0.250. The lowest BCUT2D eigenvalue weighted by atomic mass is 9.84. The Kier molecular flexibility index (Phi) is 7.75. The highest BCUT2D eigenvalue weighted by Gasteiger charge is 2.32. The van der Waals surface area contributed by atoms with Gasteiger partial charge in [-0.25, -0.2) is 0 Å². The van der Waals surface area contributed by atoms with Crippen molar-refractivity contribution in [1.82, 2.24) is 4.57 Å². The molecule has 3 aromatic rings. The van der Waals surface area contributed by atoms with Crippen LogP contribution in [0.3, 0.4) is 0 Å². The van der Waals surface area contributed by atoms with Crippen molar-refractivity contribution in [2.75, 3.05) is 27.4 Å². The molecule has 1 aliphatic heterocycles. The van der Waals surface area contributed by atoms with Crippen LogP contribution < -0.4 is 39.4 Å². The van der Waals surface area contributed by atoms with E-state index in [0.29, 0.717) is 56.5 Å². The zero-order valence-electron chi connectivity index (χ0n) is 21.4. The number of benzene rings is 2. The molecule has 0 radical (unpaired) electrons. The first-order valence-corrected chi connectivity index (χ1v) is 12.6. The first-order valence-electron chi connectivity index (χ1n) is 11.8. The molecule has 194 valence electrons. The largest absolute Gasteiger partial charge is 0.493 e. The van der Waals surface area contributed by atoms with E-state index >= 15 is 0 Å². The molecule has 1 aromatic heterocycles. The summed E-state index contributed by atoms with van der Waals surface area (Å²) in [5.41, 5.74) is 7.65. The van der Waals surface area contributed by atoms with Crippen molar-refractivity contribution >= 4 is 28.8 Å². The summed E-state index contributed by atoms with van der Waals surface area (Å²) in [7, 11) is 3.06. The molecule has 0 fully saturated rings. The number of nitrogens with zero attached hydrogens (tertiary/aromatic N) is 3. The molecule has 1 unspecified atom stereocenters. The Bertz CT molecular complexity index is 1690. The molecular formula is C28H26N4O5S. The Morgan fingerprint density at radius 2 is 1.55 bits per heavy atom. The maximum atomic E-state index is 13.4. The van der Waals surface area contributed by atoms with Crippen LogP contribution in [-0.4, -0.2) is 32.0 Å². The summed E-state index contributed by atoms with van der Waals surface area (Å²) in [5, 5.41) is 20.3. The number of methoxy groups -OCH3 is 2. The zero-order chi connectivity index (χ0) is 27.4. The number of nitriles is 2. The van der Waals surface area contributed by atoms with Crippen LogP contribution in [0.15, 0.2) is 46.8 Å². The lowest BCUT2D eigenvalue weighted by Crippen LogP contribution is -2.38. The minimum absolute atomic E-state index is 0.00970. The molecule has 0 aliphatic carbocycles. The maximum Gasteiger partial charge on any atom is 0.274 e. The van der Waals surface area contributed by atoms with Crippen LogP contribution in [0.5, 0.6) is 23.0 Å². The zero-order valence-corrected chi connectivity index (χ0v) is 22.2. The van der Waals surface area contributed by atoms with E-state index < -0.39 is 11.5 Å². The average Bonchev–Trinajstić information content (AvgIpc) is 3.25. The predicted molar refractivity (Wildman–Crippen MR) is 145 cm³/mol. The normalized spacial score (nSPS) is 14.9. The van der Waals surface area contributed by atoms with Crippen LogP contribution in [0.4, 0.5) is 0 Å². The van der Waals surface area contributed by atoms with Crippen molar-refractivity contribution in [1.29, 1.82) is 10.5 Å². The van der Waals surface area contributed by atoms with E-state index in [1.54, 1.807) is 49.6 Å². The lowest BCUT2D eigenvalue weighted by molar-refractivity contribution is 0.310. The quantitative estimate of drug-likeness (QED) is 0.470. The Labute approximate surface area is 223 Å². The highest BCUT2D eigenvalue weighted by atomic mass is 32.1. The van der Waals surface area contributed by atoms with E-state index in [0.717, 1.165) is 11.3 Å². The van der Waals surface area contributed by atoms with E-state index in [1.165, 1.54) is 11.7 Å². The van der Waals surface area contributed by atoms with Crippen molar-refractivity contribution in [3.05, 3.63) is 72.6 Å². The van der Waals surface area contributed by atoms with Gasteiger partial charge in [-0.05, 0) is 55.3 Å². The Hall–Kier alpha value is -4.67. The van der Waals surface area contributed by atoms with Crippen LogP contribution in [-0.2, 0) is 0 Å². The van der Waals surface area contributed by atoms with Gasteiger partial charge in [0.05, 0.1) is 61.2 Å². The predicted octanol–water partition coefficient (Wildman–Crippen LogP) is 2.68. The number of fused-ring (bicyclic) bond motifs is 1. The van der Waals surface area contributed by atoms with Crippen molar-refractivity contribution < 1.29 is 18.9 Å². The second-order valence-electron chi connectivity index (χ2n) is 8.11. The number of nitrogens with two attached hydrogens (primary N) is 1. The summed E-state index contributed by atoms with van der Waals surface area (Å²) in [4.78, 5) is 13.4. The molecule has 9 nitrogen and oxygen atoms in total. The Morgan fingerprint density at radius 1 is 0.947 bits per heavy atom. The second kappa shape index (κ2) is 11.2. The second-order valence-corrected chi connectivity index (χ2v) is 9.14. The molecule has 1 aliphatic rings. The molecule has 38 heavy (non-hydrogen) atoms. The molecule has 2 N–H and O–H groups in total. The summed E-state index contributed by atoms with van der Waals surface area (Å²) in [6, 6.07) is 14.9. The van der Waals surface area contributed by atoms with Gasteiger partial charge in [0.1, 0.15) is 10.5 Å². The van der Waals surface area contributed by atoms with E-state index in [4.69, 9.17) is 24.7 Å². The number of aromatic nitrogens is 1. The molecule has 10 heteroatoms. The van der Waals surface area contributed by atoms with Gasteiger partial charge in [0.15, 0.2) is 23.0 Å².